The van der Waals surface area contributed by atoms with Gasteiger partial charge in [0.2, 0.25) is 0 Å². The summed E-state index contributed by atoms with van der Waals surface area (Å²) in [7, 11) is 0. The van der Waals surface area contributed by atoms with Crippen molar-refractivity contribution in [1.82, 2.24) is 8.97 Å². The number of carbonyl (C=O) groups is 1. The van der Waals surface area contributed by atoms with Crippen LogP contribution in [0.4, 0.5) is 5.69 Å². The van der Waals surface area contributed by atoms with Crippen LogP contribution in [-0.4, -0.2) is 14.9 Å². The Balaban J connectivity index is 1.59. The summed E-state index contributed by atoms with van der Waals surface area (Å²) in [6.45, 7) is 5.34. The molecule has 0 saturated heterocycles. The quantitative estimate of drug-likeness (QED) is 0.254. The summed E-state index contributed by atoms with van der Waals surface area (Å²) in [5.41, 5.74) is 9.48. The van der Waals surface area contributed by atoms with Crippen LogP contribution in [0.3, 0.4) is 0 Å². The summed E-state index contributed by atoms with van der Waals surface area (Å²) in [6.07, 6.45) is 5.28. The number of aryl methyl sites for hydroxylation is 2. The molecule has 3 heterocycles. The number of amides is 1. The van der Waals surface area contributed by atoms with Crippen molar-refractivity contribution in [3.63, 3.8) is 0 Å². The molecular formula is C32H30ClN3O. The largest absolute Gasteiger partial charge is 0.325 e. The molecule has 0 unspecified atom stereocenters. The molecule has 1 aliphatic rings. The molecule has 0 bridgehead atoms. The molecule has 3 aromatic carbocycles. The summed E-state index contributed by atoms with van der Waals surface area (Å²) < 4.78 is 4.53. The minimum Gasteiger partial charge on any atom is -0.325 e. The van der Waals surface area contributed by atoms with E-state index in [0.29, 0.717) is 16.6 Å². The van der Waals surface area contributed by atoms with Gasteiger partial charge in [-0.2, -0.15) is 0 Å². The monoisotopic (exact) mass is 507 g/mol. The first-order chi connectivity index (χ1) is 18.0. The molecule has 0 saturated carbocycles. The van der Waals surface area contributed by atoms with E-state index in [1.807, 2.05) is 18.2 Å². The first kappa shape index (κ1) is 23.6. The average Bonchev–Trinajstić information content (AvgIpc) is 3.33. The Bertz CT molecular complexity index is 1580. The number of nitrogens with zero attached hydrogens (tertiary/aromatic N) is 2. The van der Waals surface area contributed by atoms with Gasteiger partial charge in [0.15, 0.2) is 0 Å². The number of hydrogen-bond acceptors (Lipinski definition) is 1. The van der Waals surface area contributed by atoms with Crippen molar-refractivity contribution in [1.29, 1.82) is 0 Å². The standard InChI is InChI=1S/C32H30ClN3O/c1-21(2)22-11-13-24(14-12-22)29-27-10-6-7-19-35-28(23-8-4-3-5-9-23)20-36(32(27)35)30(29)31(37)34-26-17-15-25(33)16-18-26/h3-5,8-9,11-18,20-21H,6-7,10,19H2,1-2H3,(H,34,37). The zero-order valence-corrected chi connectivity index (χ0v) is 21.9. The molecule has 2 aromatic heterocycles. The van der Waals surface area contributed by atoms with Crippen molar-refractivity contribution in [3.05, 3.63) is 107 Å². The Labute approximate surface area is 222 Å². The van der Waals surface area contributed by atoms with Crippen LogP contribution in [0.5, 0.6) is 0 Å². The van der Waals surface area contributed by atoms with Gasteiger partial charge in [0.25, 0.3) is 5.91 Å². The molecule has 37 heavy (non-hydrogen) atoms. The van der Waals surface area contributed by atoms with Crippen molar-refractivity contribution >= 4 is 28.8 Å². The SMILES string of the molecule is CC(C)c1ccc(-c2c3c4n(c(-c5ccccc5)cn4c2C(=O)Nc2ccc(Cl)cc2)CCCC3)cc1. The van der Waals surface area contributed by atoms with Gasteiger partial charge in [0, 0.05) is 34.6 Å². The molecule has 5 aromatic rings. The number of hydrogen-bond donors (Lipinski definition) is 1. The van der Waals surface area contributed by atoms with Crippen LogP contribution >= 0.6 is 11.6 Å². The highest BCUT2D eigenvalue weighted by molar-refractivity contribution is 6.30. The van der Waals surface area contributed by atoms with Gasteiger partial charge in [-0.3, -0.25) is 9.20 Å². The van der Waals surface area contributed by atoms with Gasteiger partial charge in [0.1, 0.15) is 11.3 Å². The van der Waals surface area contributed by atoms with Gasteiger partial charge in [-0.1, -0.05) is 80.0 Å². The summed E-state index contributed by atoms with van der Waals surface area (Å²) in [5.74, 6) is 0.331. The number of benzene rings is 3. The highest BCUT2D eigenvalue weighted by Gasteiger charge is 2.29. The Morgan fingerprint density at radius 2 is 1.62 bits per heavy atom. The molecule has 186 valence electrons. The molecule has 5 heteroatoms. The minimum atomic E-state index is -0.121. The van der Waals surface area contributed by atoms with Crippen molar-refractivity contribution in [3.8, 4) is 22.4 Å². The Morgan fingerprint density at radius 1 is 0.892 bits per heavy atom. The second-order valence-electron chi connectivity index (χ2n) is 10.1. The summed E-state index contributed by atoms with van der Waals surface area (Å²) in [6, 6.07) is 26.5. The number of imidazole rings is 1. The van der Waals surface area contributed by atoms with Crippen LogP contribution in [0.2, 0.25) is 5.02 Å². The molecule has 1 amide bonds. The first-order valence-electron chi connectivity index (χ1n) is 13.0. The van der Waals surface area contributed by atoms with E-state index in [0.717, 1.165) is 59.5 Å². The summed E-state index contributed by atoms with van der Waals surface area (Å²) in [4.78, 5) is 14.0. The summed E-state index contributed by atoms with van der Waals surface area (Å²) in [5, 5.41) is 3.77. The predicted molar refractivity (Wildman–Crippen MR) is 153 cm³/mol. The molecule has 0 fully saturated rings. The Morgan fingerprint density at radius 3 is 2.32 bits per heavy atom. The Hall–Kier alpha value is -3.76. The van der Waals surface area contributed by atoms with Gasteiger partial charge < -0.3 is 9.88 Å². The zero-order chi connectivity index (χ0) is 25.5. The maximum Gasteiger partial charge on any atom is 0.273 e. The van der Waals surface area contributed by atoms with Crippen LogP contribution in [0, 0.1) is 0 Å². The van der Waals surface area contributed by atoms with E-state index in [9.17, 15) is 4.79 Å². The smallest absolute Gasteiger partial charge is 0.273 e. The number of nitrogens with one attached hydrogen (secondary N) is 1. The third kappa shape index (κ3) is 4.25. The van der Waals surface area contributed by atoms with E-state index in [1.54, 1.807) is 12.1 Å². The van der Waals surface area contributed by atoms with Gasteiger partial charge in [-0.25, -0.2) is 0 Å². The zero-order valence-electron chi connectivity index (χ0n) is 21.2. The molecule has 0 atom stereocenters. The van der Waals surface area contributed by atoms with E-state index < -0.39 is 0 Å². The lowest BCUT2D eigenvalue weighted by atomic mass is 9.95. The minimum absolute atomic E-state index is 0.121. The maximum absolute atomic E-state index is 14.0. The van der Waals surface area contributed by atoms with E-state index in [-0.39, 0.29) is 5.91 Å². The number of aromatic nitrogens is 2. The fraction of sp³-hybridized carbons (Fsp3) is 0.219. The van der Waals surface area contributed by atoms with Gasteiger partial charge in [-0.05, 0) is 66.1 Å². The average molecular weight is 508 g/mol. The van der Waals surface area contributed by atoms with Gasteiger partial charge in [-0.15, -0.1) is 0 Å². The lowest BCUT2D eigenvalue weighted by Crippen LogP contribution is -2.15. The van der Waals surface area contributed by atoms with E-state index in [2.05, 4.69) is 82.9 Å². The van der Waals surface area contributed by atoms with Crippen molar-refractivity contribution in [2.45, 2.75) is 45.6 Å². The van der Waals surface area contributed by atoms with Crippen LogP contribution in [0.25, 0.3) is 28.0 Å². The number of halogens is 1. The lowest BCUT2D eigenvalue weighted by Gasteiger charge is -2.12. The second-order valence-corrected chi connectivity index (χ2v) is 10.6. The fourth-order valence-corrected chi connectivity index (χ4v) is 5.64. The fourth-order valence-electron chi connectivity index (χ4n) is 5.52. The van der Waals surface area contributed by atoms with E-state index >= 15 is 0 Å². The summed E-state index contributed by atoms with van der Waals surface area (Å²) >= 11 is 6.09. The number of anilines is 1. The molecule has 0 radical (unpaired) electrons. The third-order valence-electron chi connectivity index (χ3n) is 7.39. The van der Waals surface area contributed by atoms with Crippen LogP contribution in [-0.2, 0) is 13.0 Å². The van der Waals surface area contributed by atoms with Crippen LogP contribution in [0.1, 0.15) is 54.2 Å². The van der Waals surface area contributed by atoms with Crippen molar-refractivity contribution in [2.75, 3.05) is 5.32 Å². The van der Waals surface area contributed by atoms with Gasteiger partial charge in [0.05, 0.1) is 5.69 Å². The Kier molecular flexibility index (Phi) is 6.13. The molecular weight excluding hydrogens is 478 g/mol. The topological polar surface area (TPSA) is 38.4 Å². The van der Waals surface area contributed by atoms with E-state index in [1.165, 1.54) is 11.1 Å². The van der Waals surface area contributed by atoms with Crippen LogP contribution < -0.4 is 5.32 Å². The molecule has 0 spiro atoms. The van der Waals surface area contributed by atoms with Crippen molar-refractivity contribution in [2.24, 2.45) is 0 Å². The van der Waals surface area contributed by atoms with Gasteiger partial charge >= 0.3 is 0 Å². The van der Waals surface area contributed by atoms with Crippen LogP contribution in [0.15, 0.2) is 85.1 Å². The number of rotatable bonds is 5. The molecule has 1 aliphatic heterocycles. The lowest BCUT2D eigenvalue weighted by molar-refractivity contribution is 0.102. The highest BCUT2D eigenvalue weighted by Crippen LogP contribution is 2.40. The third-order valence-corrected chi connectivity index (χ3v) is 7.64. The number of carbonyl (C=O) groups excluding carboxylic acids is 1. The first-order valence-corrected chi connectivity index (χ1v) is 13.4. The highest BCUT2D eigenvalue weighted by atomic mass is 35.5. The maximum atomic E-state index is 14.0. The molecule has 6 rings (SSSR count). The predicted octanol–water partition coefficient (Wildman–Crippen LogP) is 8.44. The molecule has 4 nitrogen and oxygen atoms in total. The van der Waals surface area contributed by atoms with Crippen molar-refractivity contribution < 1.29 is 4.79 Å². The van der Waals surface area contributed by atoms with E-state index in [4.69, 9.17) is 11.6 Å². The molecule has 1 N–H and O–H groups in total. The second kappa shape index (κ2) is 9.60. The molecule has 0 aliphatic carbocycles. The normalized spacial score (nSPS) is 13.2.